The zero-order chi connectivity index (χ0) is 16.9. The minimum absolute atomic E-state index is 0.133. The predicted molar refractivity (Wildman–Crippen MR) is 89.9 cm³/mol. The molecule has 0 saturated carbocycles. The second kappa shape index (κ2) is 7.39. The minimum atomic E-state index is -3.55. The van der Waals surface area contributed by atoms with Gasteiger partial charge in [0.05, 0.1) is 4.90 Å². The number of carbonyl (C=O) groups is 1. The molecule has 2 aromatic rings. The van der Waals surface area contributed by atoms with E-state index in [4.69, 9.17) is 0 Å². The second-order valence-corrected chi connectivity index (χ2v) is 7.05. The monoisotopic (exact) mass is 332 g/mol. The van der Waals surface area contributed by atoms with E-state index in [1.807, 2.05) is 26.0 Å². The number of amides is 1. The summed E-state index contributed by atoms with van der Waals surface area (Å²) in [4.78, 5) is 12.2. The predicted octanol–water partition coefficient (Wildman–Crippen LogP) is 2.01. The fourth-order valence-corrected chi connectivity index (χ4v) is 3.12. The third kappa shape index (κ3) is 4.64. The number of hydrogen-bond acceptors (Lipinski definition) is 3. The third-order valence-corrected chi connectivity index (χ3v) is 4.90. The SMILES string of the molecule is Cc1ccc(S(=O)(=O)NCCNC(=O)c2ccccc2C)cc1. The first-order chi connectivity index (χ1) is 10.9. The maximum Gasteiger partial charge on any atom is 0.251 e. The molecule has 0 aliphatic rings. The van der Waals surface area contributed by atoms with Gasteiger partial charge in [-0.2, -0.15) is 0 Å². The van der Waals surface area contributed by atoms with Crippen LogP contribution in [0, 0.1) is 13.8 Å². The van der Waals surface area contributed by atoms with Gasteiger partial charge < -0.3 is 5.32 Å². The van der Waals surface area contributed by atoms with Crippen LogP contribution in [0.5, 0.6) is 0 Å². The van der Waals surface area contributed by atoms with E-state index in [2.05, 4.69) is 10.0 Å². The molecule has 122 valence electrons. The van der Waals surface area contributed by atoms with Crippen LogP contribution in [0.15, 0.2) is 53.4 Å². The maximum atomic E-state index is 12.1. The molecule has 0 spiro atoms. The van der Waals surface area contributed by atoms with Gasteiger partial charge >= 0.3 is 0 Å². The highest BCUT2D eigenvalue weighted by atomic mass is 32.2. The Bertz CT molecular complexity index is 784. The second-order valence-electron chi connectivity index (χ2n) is 5.28. The van der Waals surface area contributed by atoms with Crippen LogP contribution in [-0.2, 0) is 10.0 Å². The highest BCUT2D eigenvalue weighted by molar-refractivity contribution is 7.89. The van der Waals surface area contributed by atoms with Gasteiger partial charge in [-0.3, -0.25) is 4.79 Å². The first-order valence-corrected chi connectivity index (χ1v) is 8.78. The lowest BCUT2D eigenvalue weighted by Crippen LogP contribution is -2.34. The van der Waals surface area contributed by atoms with Gasteiger partial charge in [-0.05, 0) is 37.6 Å². The van der Waals surface area contributed by atoms with Crippen molar-refractivity contribution >= 4 is 15.9 Å². The Morgan fingerprint density at radius 2 is 1.61 bits per heavy atom. The number of carbonyl (C=O) groups excluding carboxylic acids is 1. The van der Waals surface area contributed by atoms with Gasteiger partial charge in [0.15, 0.2) is 0 Å². The average molecular weight is 332 g/mol. The Morgan fingerprint density at radius 1 is 0.957 bits per heavy atom. The van der Waals surface area contributed by atoms with E-state index in [1.54, 1.807) is 36.4 Å². The minimum Gasteiger partial charge on any atom is -0.351 e. The molecule has 2 rings (SSSR count). The molecule has 23 heavy (non-hydrogen) atoms. The Morgan fingerprint density at radius 3 is 2.26 bits per heavy atom. The van der Waals surface area contributed by atoms with Gasteiger partial charge in [0, 0.05) is 18.7 Å². The summed E-state index contributed by atoms with van der Waals surface area (Å²) in [6, 6.07) is 13.9. The first kappa shape index (κ1) is 17.2. The van der Waals surface area contributed by atoms with Crippen molar-refractivity contribution < 1.29 is 13.2 Å². The molecule has 0 bridgehead atoms. The van der Waals surface area contributed by atoms with E-state index >= 15 is 0 Å². The van der Waals surface area contributed by atoms with Crippen molar-refractivity contribution in [1.82, 2.24) is 10.0 Å². The largest absolute Gasteiger partial charge is 0.351 e. The number of benzene rings is 2. The van der Waals surface area contributed by atoms with Crippen molar-refractivity contribution in [3.8, 4) is 0 Å². The molecule has 2 N–H and O–H groups in total. The van der Waals surface area contributed by atoms with Crippen LogP contribution in [0.2, 0.25) is 0 Å². The van der Waals surface area contributed by atoms with E-state index in [1.165, 1.54) is 0 Å². The van der Waals surface area contributed by atoms with Crippen LogP contribution in [0.4, 0.5) is 0 Å². The third-order valence-electron chi connectivity index (χ3n) is 3.42. The molecular weight excluding hydrogens is 312 g/mol. The Labute approximate surface area is 136 Å². The smallest absolute Gasteiger partial charge is 0.251 e. The topological polar surface area (TPSA) is 75.3 Å². The zero-order valence-electron chi connectivity index (χ0n) is 13.2. The molecule has 2 aromatic carbocycles. The zero-order valence-corrected chi connectivity index (χ0v) is 14.0. The van der Waals surface area contributed by atoms with Crippen LogP contribution < -0.4 is 10.0 Å². The van der Waals surface area contributed by atoms with E-state index in [0.717, 1.165) is 11.1 Å². The Kier molecular flexibility index (Phi) is 5.52. The van der Waals surface area contributed by atoms with Crippen molar-refractivity contribution in [2.75, 3.05) is 13.1 Å². The first-order valence-electron chi connectivity index (χ1n) is 7.30. The van der Waals surface area contributed by atoms with E-state index in [9.17, 15) is 13.2 Å². The molecule has 0 atom stereocenters. The summed E-state index contributed by atoms with van der Waals surface area (Å²) in [5.41, 5.74) is 2.47. The molecule has 0 saturated heterocycles. The molecule has 0 fully saturated rings. The summed E-state index contributed by atoms with van der Waals surface area (Å²) in [6.07, 6.45) is 0. The quantitative estimate of drug-likeness (QED) is 0.795. The van der Waals surface area contributed by atoms with Crippen LogP contribution >= 0.6 is 0 Å². The number of aryl methyl sites for hydroxylation is 2. The number of hydrogen-bond donors (Lipinski definition) is 2. The standard InChI is InChI=1S/C17H20N2O3S/c1-13-7-9-15(10-8-13)23(21,22)19-12-11-18-17(20)16-6-4-3-5-14(16)2/h3-10,19H,11-12H2,1-2H3,(H,18,20). The van der Waals surface area contributed by atoms with E-state index < -0.39 is 10.0 Å². The number of nitrogens with one attached hydrogen (secondary N) is 2. The molecule has 0 heterocycles. The van der Waals surface area contributed by atoms with Gasteiger partial charge in [-0.15, -0.1) is 0 Å². The van der Waals surface area contributed by atoms with E-state index in [0.29, 0.717) is 5.56 Å². The summed E-state index contributed by atoms with van der Waals surface area (Å²) in [6.45, 7) is 4.10. The maximum absolute atomic E-state index is 12.1. The lowest BCUT2D eigenvalue weighted by Gasteiger charge is -2.09. The van der Waals surface area contributed by atoms with Gasteiger partial charge in [-0.25, -0.2) is 13.1 Å². The molecule has 0 unspecified atom stereocenters. The fourth-order valence-electron chi connectivity index (χ4n) is 2.09. The van der Waals surface area contributed by atoms with Crippen LogP contribution in [0.1, 0.15) is 21.5 Å². The van der Waals surface area contributed by atoms with Crippen molar-refractivity contribution in [3.05, 3.63) is 65.2 Å². The fraction of sp³-hybridized carbons (Fsp3) is 0.235. The summed E-state index contributed by atoms with van der Waals surface area (Å²) in [5.74, 6) is -0.211. The lowest BCUT2D eigenvalue weighted by atomic mass is 10.1. The van der Waals surface area contributed by atoms with Crippen LogP contribution in [0.3, 0.4) is 0 Å². The van der Waals surface area contributed by atoms with Crippen molar-refractivity contribution in [3.63, 3.8) is 0 Å². The summed E-state index contributed by atoms with van der Waals surface area (Å²) >= 11 is 0. The molecule has 5 nitrogen and oxygen atoms in total. The highest BCUT2D eigenvalue weighted by Gasteiger charge is 2.13. The molecule has 6 heteroatoms. The van der Waals surface area contributed by atoms with Crippen LogP contribution in [-0.4, -0.2) is 27.4 Å². The summed E-state index contributed by atoms with van der Waals surface area (Å²) in [7, 11) is -3.55. The Hall–Kier alpha value is -2.18. The highest BCUT2D eigenvalue weighted by Crippen LogP contribution is 2.09. The molecular formula is C17H20N2O3S. The number of rotatable bonds is 6. The molecule has 0 aliphatic heterocycles. The average Bonchev–Trinajstić information content (AvgIpc) is 2.52. The molecule has 0 radical (unpaired) electrons. The van der Waals surface area contributed by atoms with Gasteiger partial charge in [0.1, 0.15) is 0 Å². The lowest BCUT2D eigenvalue weighted by molar-refractivity contribution is 0.0953. The van der Waals surface area contributed by atoms with Gasteiger partial charge in [0.2, 0.25) is 10.0 Å². The van der Waals surface area contributed by atoms with Gasteiger partial charge in [-0.1, -0.05) is 35.9 Å². The number of sulfonamides is 1. The normalized spacial score (nSPS) is 11.2. The summed E-state index contributed by atoms with van der Waals surface area (Å²) in [5, 5.41) is 2.71. The summed E-state index contributed by atoms with van der Waals surface area (Å²) < 4.78 is 26.7. The molecule has 1 amide bonds. The van der Waals surface area contributed by atoms with Gasteiger partial charge in [0.25, 0.3) is 5.91 Å². The molecule has 0 aliphatic carbocycles. The Balaban J connectivity index is 1.86. The van der Waals surface area contributed by atoms with Crippen molar-refractivity contribution in [1.29, 1.82) is 0 Å². The van der Waals surface area contributed by atoms with Crippen molar-refractivity contribution in [2.45, 2.75) is 18.7 Å². The molecule has 0 aromatic heterocycles. The van der Waals surface area contributed by atoms with E-state index in [-0.39, 0.29) is 23.9 Å². The van der Waals surface area contributed by atoms with Crippen molar-refractivity contribution in [2.24, 2.45) is 0 Å². The van der Waals surface area contributed by atoms with Crippen LogP contribution in [0.25, 0.3) is 0 Å².